The monoisotopic (exact) mass is 196 g/mol. The van der Waals surface area contributed by atoms with Crippen molar-refractivity contribution >= 4 is 5.91 Å². The van der Waals surface area contributed by atoms with Gasteiger partial charge in [-0.05, 0) is 45.9 Å². The number of rotatable bonds is 4. The molecule has 0 aromatic rings. The van der Waals surface area contributed by atoms with Crippen LogP contribution in [0.2, 0.25) is 0 Å². The minimum atomic E-state index is -0.157. The molecule has 80 valence electrons. The quantitative estimate of drug-likeness (QED) is 0.684. The van der Waals surface area contributed by atoms with E-state index in [9.17, 15) is 4.79 Å². The van der Waals surface area contributed by atoms with E-state index in [-0.39, 0.29) is 11.4 Å². The molecule has 1 aliphatic heterocycles. The van der Waals surface area contributed by atoms with Crippen molar-refractivity contribution in [2.75, 3.05) is 19.6 Å². The summed E-state index contributed by atoms with van der Waals surface area (Å²) < 4.78 is 0. The highest BCUT2D eigenvalue weighted by Gasteiger charge is 2.24. The number of amides is 1. The number of carbonyl (C=O) groups excluding carboxylic acids is 1. The van der Waals surface area contributed by atoms with E-state index in [1.54, 1.807) is 0 Å². The van der Waals surface area contributed by atoms with E-state index in [1.807, 2.05) is 13.8 Å². The van der Waals surface area contributed by atoms with Crippen LogP contribution in [0.3, 0.4) is 0 Å². The Morgan fingerprint density at radius 3 is 2.57 bits per heavy atom. The first-order chi connectivity index (χ1) is 6.53. The molecule has 1 rings (SSSR count). The zero-order valence-corrected chi connectivity index (χ0v) is 9.18. The van der Waals surface area contributed by atoms with Gasteiger partial charge in [0.15, 0.2) is 0 Å². The molecule has 1 saturated heterocycles. The Kier molecular flexibility index (Phi) is 3.69. The molecule has 3 nitrogen and oxygen atoms in total. The van der Waals surface area contributed by atoms with E-state index < -0.39 is 0 Å². The summed E-state index contributed by atoms with van der Waals surface area (Å²) in [4.78, 5) is 13.5. The van der Waals surface area contributed by atoms with Crippen molar-refractivity contribution in [1.82, 2.24) is 10.2 Å². The van der Waals surface area contributed by atoms with Crippen LogP contribution in [0.4, 0.5) is 0 Å². The van der Waals surface area contributed by atoms with Crippen molar-refractivity contribution in [1.29, 1.82) is 0 Å². The zero-order valence-electron chi connectivity index (χ0n) is 9.18. The highest BCUT2D eigenvalue weighted by molar-refractivity contribution is 5.87. The maximum atomic E-state index is 11.2. The Labute approximate surface area is 86.2 Å². The van der Waals surface area contributed by atoms with E-state index in [1.165, 1.54) is 18.9 Å². The Morgan fingerprint density at radius 2 is 2.07 bits per heavy atom. The molecular formula is C11H20N2O. The van der Waals surface area contributed by atoms with Crippen molar-refractivity contribution in [2.24, 2.45) is 0 Å². The Balaban J connectivity index is 2.39. The Hall–Kier alpha value is -0.830. The van der Waals surface area contributed by atoms with Gasteiger partial charge >= 0.3 is 0 Å². The molecule has 3 heteroatoms. The summed E-state index contributed by atoms with van der Waals surface area (Å²) in [5.41, 5.74) is -0.157. The summed E-state index contributed by atoms with van der Waals surface area (Å²) in [6.45, 7) is 10.8. The summed E-state index contributed by atoms with van der Waals surface area (Å²) in [7, 11) is 0. The predicted octanol–water partition coefficient (Wildman–Crippen LogP) is 1.16. The lowest BCUT2D eigenvalue weighted by Crippen LogP contribution is -2.50. The average Bonchev–Trinajstić information content (AvgIpc) is 2.54. The largest absolute Gasteiger partial charge is 0.346 e. The SMILES string of the molecule is C=CC(=O)NC(C)(C)CN1CCCC1. The summed E-state index contributed by atoms with van der Waals surface area (Å²) >= 11 is 0. The number of hydrogen-bond acceptors (Lipinski definition) is 2. The molecule has 1 amide bonds. The van der Waals surface area contributed by atoms with Crippen LogP contribution in [0, 0.1) is 0 Å². The molecule has 1 fully saturated rings. The van der Waals surface area contributed by atoms with Crippen LogP contribution in [-0.4, -0.2) is 36.0 Å². The topological polar surface area (TPSA) is 32.3 Å². The van der Waals surface area contributed by atoms with Gasteiger partial charge in [-0.15, -0.1) is 0 Å². The van der Waals surface area contributed by atoms with E-state index >= 15 is 0 Å². The van der Waals surface area contributed by atoms with Crippen LogP contribution in [0.1, 0.15) is 26.7 Å². The third kappa shape index (κ3) is 3.50. The van der Waals surface area contributed by atoms with E-state index in [2.05, 4.69) is 16.8 Å². The first-order valence-electron chi connectivity index (χ1n) is 5.20. The van der Waals surface area contributed by atoms with Gasteiger partial charge < -0.3 is 10.2 Å². The lowest BCUT2D eigenvalue weighted by atomic mass is 10.1. The maximum absolute atomic E-state index is 11.2. The molecule has 1 aliphatic rings. The van der Waals surface area contributed by atoms with Crippen molar-refractivity contribution in [3.8, 4) is 0 Å². The molecule has 0 atom stereocenters. The van der Waals surface area contributed by atoms with Gasteiger partial charge in [-0.1, -0.05) is 6.58 Å². The van der Waals surface area contributed by atoms with E-state index in [0.717, 1.165) is 19.6 Å². The van der Waals surface area contributed by atoms with Gasteiger partial charge in [0.2, 0.25) is 5.91 Å². The van der Waals surface area contributed by atoms with Crippen LogP contribution in [0.5, 0.6) is 0 Å². The summed E-state index contributed by atoms with van der Waals surface area (Å²) in [5.74, 6) is -0.0887. The van der Waals surface area contributed by atoms with Crippen LogP contribution in [0.25, 0.3) is 0 Å². The molecule has 0 radical (unpaired) electrons. The van der Waals surface area contributed by atoms with Crippen molar-refractivity contribution < 1.29 is 4.79 Å². The van der Waals surface area contributed by atoms with Crippen molar-refractivity contribution in [3.05, 3.63) is 12.7 Å². The second kappa shape index (κ2) is 4.60. The normalized spacial score (nSPS) is 18.1. The minimum absolute atomic E-state index is 0.0887. The molecule has 0 aromatic carbocycles. The molecule has 0 spiro atoms. The van der Waals surface area contributed by atoms with E-state index in [4.69, 9.17) is 0 Å². The molecular weight excluding hydrogens is 176 g/mol. The van der Waals surface area contributed by atoms with Gasteiger partial charge in [-0.3, -0.25) is 4.79 Å². The Bertz CT molecular complexity index is 217. The van der Waals surface area contributed by atoms with E-state index in [0.29, 0.717) is 0 Å². The zero-order chi connectivity index (χ0) is 10.6. The molecule has 0 bridgehead atoms. The molecule has 1 N–H and O–H groups in total. The molecule has 14 heavy (non-hydrogen) atoms. The lowest BCUT2D eigenvalue weighted by molar-refractivity contribution is -0.118. The maximum Gasteiger partial charge on any atom is 0.243 e. The highest BCUT2D eigenvalue weighted by atomic mass is 16.1. The fraction of sp³-hybridized carbons (Fsp3) is 0.727. The van der Waals surface area contributed by atoms with Gasteiger partial charge in [-0.2, -0.15) is 0 Å². The van der Waals surface area contributed by atoms with Gasteiger partial charge in [0.05, 0.1) is 0 Å². The van der Waals surface area contributed by atoms with Crippen molar-refractivity contribution in [2.45, 2.75) is 32.2 Å². The lowest BCUT2D eigenvalue weighted by Gasteiger charge is -2.30. The standard InChI is InChI=1S/C11H20N2O/c1-4-10(14)12-11(2,3)9-13-7-5-6-8-13/h4H,1,5-9H2,2-3H3,(H,12,14). The van der Waals surface area contributed by atoms with Crippen LogP contribution >= 0.6 is 0 Å². The minimum Gasteiger partial charge on any atom is -0.346 e. The van der Waals surface area contributed by atoms with Crippen LogP contribution < -0.4 is 5.32 Å². The molecule has 0 aromatic heterocycles. The van der Waals surface area contributed by atoms with Gasteiger partial charge in [0, 0.05) is 12.1 Å². The average molecular weight is 196 g/mol. The number of likely N-dealkylation sites (tertiary alicyclic amines) is 1. The molecule has 0 unspecified atom stereocenters. The number of nitrogens with zero attached hydrogens (tertiary/aromatic N) is 1. The number of carbonyl (C=O) groups is 1. The number of nitrogens with one attached hydrogen (secondary N) is 1. The first kappa shape index (κ1) is 11.2. The second-order valence-electron chi connectivity index (χ2n) is 4.56. The van der Waals surface area contributed by atoms with Crippen LogP contribution in [-0.2, 0) is 4.79 Å². The predicted molar refractivity (Wildman–Crippen MR) is 58.1 cm³/mol. The Morgan fingerprint density at radius 1 is 1.50 bits per heavy atom. The first-order valence-corrected chi connectivity index (χ1v) is 5.20. The third-order valence-corrected chi connectivity index (χ3v) is 2.46. The van der Waals surface area contributed by atoms with Crippen LogP contribution in [0.15, 0.2) is 12.7 Å². The fourth-order valence-electron chi connectivity index (χ4n) is 1.92. The highest BCUT2D eigenvalue weighted by Crippen LogP contribution is 2.12. The molecule has 0 aliphatic carbocycles. The molecule has 1 heterocycles. The van der Waals surface area contributed by atoms with Gasteiger partial charge in [-0.25, -0.2) is 0 Å². The number of hydrogen-bond donors (Lipinski definition) is 1. The molecule has 0 saturated carbocycles. The third-order valence-electron chi connectivity index (χ3n) is 2.46. The van der Waals surface area contributed by atoms with Crippen molar-refractivity contribution in [3.63, 3.8) is 0 Å². The summed E-state index contributed by atoms with van der Waals surface area (Å²) in [6, 6.07) is 0. The summed E-state index contributed by atoms with van der Waals surface area (Å²) in [6.07, 6.45) is 3.89. The van der Waals surface area contributed by atoms with Gasteiger partial charge in [0.25, 0.3) is 0 Å². The second-order valence-corrected chi connectivity index (χ2v) is 4.56. The summed E-state index contributed by atoms with van der Waals surface area (Å²) in [5, 5.41) is 2.93. The fourth-order valence-corrected chi connectivity index (χ4v) is 1.92. The van der Waals surface area contributed by atoms with Gasteiger partial charge in [0.1, 0.15) is 0 Å². The smallest absolute Gasteiger partial charge is 0.243 e.